The number of rotatable bonds is 8. The third-order valence-corrected chi connectivity index (χ3v) is 6.14. The lowest BCUT2D eigenvalue weighted by molar-refractivity contribution is -0.385. The van der Waals surface area contributed by atoms with Crippen molar-refractivity contribution in [1.82, 2.24) is 5.32 Å². The topological polar surface area (TPSA) is 174 Å². The Morgan fingerprint density at radius 3 is 2.32 bits per heavy atom. The van der Waals surface area contributed by atoms with E-state index in [-0.39, 0.29) is 21.8 Å². The van der Waals surface area contributed by atoms with Crippen molar-refractivity contribution in [2.75, 3.05) is 10.0 Å². The highest BCUT2D eigenvalue weighted by Gasteiger charge is 2.21. The SMILES string of the molecule is CC(NC(=O)c1ccccc1NS(=O)(=O)c1cccc([N+](=O)[O-])c1)c1ccc(NC(N)=O)cc1. The maximum atomic E-state index is 12.9. The van der Waals surface area contributed by atoms with Gasteiger partial charge in [-0.25, -0.2) is 13.2 Å². The molecule has 12 heteroatoms. The van der Waals surface area contributed by atoms with Gasteiger partial charge in [0.1, 0.15) is 0 Å². The second-order valence-corrected chi connectivity index (χ2v) is 8.89. The summed E-state index contributed by atoms with van der Waals surface area (Å²) in [4.78, 5) is 33.8. The number of nitro groups is 1. The minimum absolute atomic E-state index is 0.0136. The van der Waals surface area contributed by atoms with Crippen molar-refractivity contribution < 1.29 is 22.9 Å². The van der Waals surface area contributed by atoms with Gasteiger partial charge in [0.25, 0.3) is 21.6 Å². The Bertz CT molecular complexity index is 1340. The number of amides is 3. The van der Waals surface area contributed by atoms with Crippen molar-refractivity contribution in [1.29, 1.82) is 0 Å². The molecule has 5 N–H and O–H groups in total. The lowest BCUT2D eigenvalue weighted by atomic mass is 10.1. The molecule has 34 heavy (non-hydrogen) atoms. The van der Waals surface area contributed by atoms with Gasteiger partial charge < -0.3 is 16.4 Å². The van der Waals surface area contributed by atoms with Crippen molar-refractivity contribution in [3.05, 3.63) is 94.0 Å². The number of sulfonamides is 1. The van der Waals surface area contributed by atoms with Crippen LogP contribution in [0.15, 0.2) is 77.7 Å². The molecule has 0 aromatic heterocycles. The predicted molar refractivity (Wildman–Crippen MR) is 126 cm³/mol. The lowest BCUT2D eigenvalue weighted by Crippen LogP contribution is -2.28. The Balaban J connectivity index is 1.79. The van der Waals surface area contributed by atoms with Gasteiger partial charge in [0, 0.05) is 17.8 Å². The van der Waals surface area contributed by atoms with Crippen LogP contribution in [0.25, 0.3) is 0 Å². The molecule has 0 aliphatic carbocycles. The summed E-state index contributed by atoms with van der Waals surface area (Å²) in [6.07, 6.45) is 0. The predicted octanol–water partition coefficient (Wildman–Crippen LogP) is 3.38. The van der Waals surface area contributed by atoms with E-state index in [9.17, 15) is 28.1 Å². The number of primary amides is 1. The molecule has 0 saturated carbocycles. The second-order valence-electron chi connectivity index (χ2n) is 7.21. The number of benzene rings is 3. The molecule has 0 saturated heterocycles. The van der Waals surface area contributed by atoms with Gasteiger partial charge in [-0.3, -0.25) is 19.6 Å². The van der Waals surface area contributed by atoms with Crippen LogP contribution in [-0.4, -0.2) is 25.3 Å². The number of carbonyl (C=O) groups is 2. The van der Waals surface area contributed by atoms with Crippen LogP contribution in [0.5, 0.6) is 0 Å². The van der Waals surface area contributed by atoms with Gasteiger partial charge in [-0.2, -0.15) is 0 Å². The first kappa shape index (κ1) is 24.2. The van der Waals surface area contributed by atoms with Gasteiger partial charge in [-0.15, -0.1) is 0 Å². The van der Waals surface area contributed by atoms with Gasteiger partial charge in [-0.1, -0.05) is 30.3 Å². The lowest BCUT2D eigenvalue weighted by Gasteiger charge is -2.17. The van der Waals surface area contributed by atoms with Crippen LogP contribution in [0.1, 0.15) is 28.9 Å². The summed E-state index contributed by atoms with van der Waals surface area (Å²) in [6.45, 7) is 1.74. The molecule has 0 bridgehead atoms. The highest BCUT2D eigenvalue weighted by Crippen LogP contribution is 2.24. The summed E-state index contributed by atoms with van der Waals surface area (Å²) < 4.78 is 27.9. The van der Waals surface area contributed by atoms with E-state index < -0.39 is 32.9 Å². The molecule has 0 spiro atoms. The number of nitro benzene ring substituents is 1. The van der Waals surface area contributed by atoms with E-state index in [1.54, 1.807) is 43.3 Å². The van der Waals surface area contributed by atoms with E-state index in [0.29, 0.717) is 5.69 Å². The Hall–Kier alpha value is -4.45. The number of urea groups is 1. The quantitative estimate of drug-likeness (QED) is 0.282. The first-order valence-corrected chi connectivity index (χ1v) is 11.4. The maximum absolute atomic E-state index is 12.9. The largest absolute Gasteiger partial charge is 0.351 e. The molecule has 0 aliphatic rings. The smallest absolute Gasteiger partial charge is 0.316 e. The summed E-state index contributed by atoms with van der Waals surface area (Å²) in [5.41, 5.74) is 6.02. The monoisotopic (exact) mass is 483 g/mol. The number of nitrogens with two attached hydrogens (primary N) is 1. The first-order chi connectivity index (χ1) is 16.1. The molecule has 1 unspecified atom stereocenters. The standard InChI is InChI=1S/C22H21N5O6S/c1-14(15-9-11-16(12-10-15)25-22(23)29)24-21(28)19-7-2-3-8-20(19)26-34(32,33)18-6-4-5-17(13-18)27(30)31/h2-14,26H,1H3,(H,24,28)(H3,23,25,29). The van der Waals surface area contributed by atoms with Crippen LogP contribution in [0.3, 0.4) is 0 Å². The normalized spacial score (nSPS) is 11.8. The second kappa shape index (κ2) is 10.0. The summed E-state index contributed by atoms with van der Waals surface area (Å²) in [5.74, 6) is -0.538. The molecule has 0 aliphatic heterocycles. The Morgan fingerprint density at radius 2 is 1.68 bits per heavy atom. The van der Waals surface area contributed by atoms with Crippen LogP contribution in [0.4, 0.5) is 21.9 Å². The van der Waals surface area contributed by atoms with Crippen LogP contribution in [0, 0.1) is 10.1 Å². The van der Waals surface area contributed by atoms with E-state index >= 15 is 0 Å². The van der Waals surface area contributed by atoms with Crippen molar-refractivity contribution >= 4 is 39.0 Å². The molecule has 3 aromatic carbocycles. The van der Waals surface area contributed by atoms with Crippen LogP contribution in [-0.2, 0) is 10.0 Å². The molecule has 3 rings (SSSR count). The van der Waals surface area contributed by atoms with E-state index in [4.69, 9.17) is 5.73 Å². The van der Waals surface area contributed by atoms with Crippen molar-refractivity contribution in [3.8, 4) is 0 Å². The van der Waals surface area contributed by atoms with Gasteiger partial charge in [0.05, 0.1) is 27.1 Å². The molecular weight excluding hydrogens is 462 g/mol. The minimum atomic E-state index is -4.20. The third-order valence-electron chi connectivity index (χ3n) is 4.78. The molecule has 11 nitrogen and oxygen atoms in total. The average Bonchev–Trinajstić information content (AvgIpc) is 2.79. The number of hydrogen-bond acceptors (Lipinski definition) is 6. The van der Waals surface area contributed by atoms with Crippen LogP contribution < -0.4 is 21.1 Å². The number of carbonyl (C=O) groups excluding carboxylic acids is 2. The number of anilines is 2. The van der Waals surface area contributed by atoms with Gasteiger partial charge in [0.15, 0.2) is 0 Å². The first-order valence-electron chi connectivity index (χ1n) is 9.90. The number of nitrogens with zero attached hydrogens (tertiary/aromatic N) is 1. The number of para-hydroxylation sites is 1. The van der Waals surface area contributed by atoms with Crippen molar-refractivity contribution in [2.24, 2.45) is 5.73 Å². The highest BCUT2D eigenvalue weighted by molar-refractivity contribution is 7.92. The number of hydrogen-bond donors (Lipinski definition) is 4. The summed E-state index contributed by atoms with van der Waals surface area (Å²) in [5, 5.41) is 16.2. The zero-order valence-electron chi connectivity index (χ0n) is 17.9. The molecule has 0 fully saturated rings. The fourth-order valence-electron chi connectivity index (χ4n) is 3.09. The molecule has 176 valence electrons. The van der Waals surface area contributed by atoms with E-state index in [2.05, 4.69) is 15.4 Å². The molecule has 3 amide bonds. The minimum Gasteiger partial charge on any atom is -0.351 e. The van der Waals surface area contributed by atoms with Crippen molar-refractivity contribution in [3.63, 3.8) is 0 Å². The van der Waals surface area contributed by atoms with Gasteiger partial charge in [-0.05, 0) is 42.8 Å². The fourth-order valence-corrected chi connectivity index (χ4v) is 4.21. The molecular formula is C22H21N5O6S. The Labute approximate surface area is 195 Å². The fraction of sp³-hybridized carbons (Fsp3) is 0.0909. The summed E-state index contributed by atoms with van der Waals surface area (Å²) in [6, 6.07) is 16.1. The average molecular weight is 484 g/mol. The maximum Gasteiger partial charge on any atom is 0.316 e. The summed E-state index contributed by atoms with van der Waals surface area (Å²) >= 11 is 0. The van der Waals surface area contributed by atoms with E-state index in [1.807, 2.05) is 0 Å². The molecule has 0 heterocycles. The van der Waals surface area contributed by atoms with E-state index in [1.165, 1.54) is 30.3 Å². The summed E-state index contributed by atoms with van der Waals surface area (Å²) in [7, 11) is -4.20. The highest BCUT2D eigenvalue weighted by atomic mass is 32.2. The number of non-ortho nitro benzene ring substituents is 1. The zero-order valence-corrected chi connectivity index (χ0v) is 18.7. The Morgan fingerprint density at radius 1 is 1.00 bits per heavy atom. The zero-order chi connectivity index (χ0) is 24.9. The van der Waals surface area contributed by atoms with Gasteiger partial charge in [0.2, 0.25) is 0 Å². The van der Waals surface area contributed by atoms with E-state index in [0.717, 1.165) is 11.6 Å². The molecule has 0 radical (unpaired) electrons. The van der Waals surface area contributed by atoms with Gasteiger partial charge >= 0.3 is 6.03 Å². The Kier molecular flexibility index (Phi) is 7.12. The van der Waals surface area contributed by atoms with Crippen LogP contribution >= 0.6 is 0 Å². The number of nitrogens with one attached hydrogen (secondary N) is 3. The van der Waals surface area contributed by atoms with Crippen LogP contribution in [0.2, 0.25) is 0 Å². The van der Waals surface area contributed by atoms with Crippen molar-refractivity contribution in [2.45, 2.75) is 17.9 Å². The molecule has 1 atom stereocenters. The molecule has 3 aromatic rings. The third kappa shape index (κ3) is 5.86.